The first-order valence-corrected chi connectivity index (χ1v) is 10.0. The molecule has 156 valence electrons. The number of nitrogens with zero attached hydrogens (tertiary/aromatic N) is 1. The highest BCUT2D eigenvalue weighted by Crippen LogP contribution is 2.37. The van der Waals surface area contributed by atoms with Gasteiger partial charge in [-0.3, -0.25) is 4.79 Å². The van der Waals surface area contributed by atoms with Gasteiger partial charge in [0.25, 0.3) is 5.91 Å². The van der Waals surface area contributed by atoms with E-state index in [2.05, 4.69) is 10.5 Å². The Morgan fingerprint density at radius 2 is 1.90 bits per heavy atom. The molecule has 0 aliphatic rings. The zero-order chi connectivity index (χ0) is 21.2. The summed E-state index contributed by atoms with van der Waals surface area (Å²) in [5.74, 6) is 1.44. The smallest absolute Gasteiger partial charge is 0.271 e. The molecule has 0 aliphatic carbocycles. The Kier molecular flexibility index (Phi) is 8.80. The number of halogens is 1. The highest BCUT2D eigenvalue weighted by atomic mass is 35.5. The molecule has 0 fully saturated rings. The zero-order valence-corrected chi connectivity index (χ0v) is 18.0. The van der Waals surface area contributed by atoms with Crippen molar-refractivity contribution in [1.82, 2.24) is 5.43 Å². The van der Waals surface area contributed by atoms with Crippen LogP contribution in [0.4, 0.5) is 0 Å². The molecule has 0 heterocycles. The second-order valence-electron chi connectivity index (χ2n) is 6.50. The third kappa shape index (κ3) is 6.98. The van der Waals surface area contributed by atoms with E-state index >= 15 is 0 Å². The number of hydrazone groups is 1. The monoisotopic (exact) mass is 418 g/mol. The fraction of sp³-hybridized carbons (Fsp3) is 0.364. The second kappa shape index (κ2) is 11.3. The minimum atomic E-state index is -0.320. The molecule has 0 spiro atoms. The van der Waals surface area contributed by atoms with E-state index in [-0.39, 0.29) is 12.0 Å². The number of ether oxygens (including phenoxy) is 3. The first kappa shape index (κ1) is 22.6. The molecule has 2 aromatic rings. The van der Waals surface area contributed by atoms with Crippen LogP contribution in [0.25, 0.3) is 0 Å². The Hall–Kier alpha value is -2.73. The van der Waals surface area contributed by atoms with Crippen LogP contribution in [0.15, 0.2) is 41.5 Å². The Labute approximate surface area is 176 Å². The highest BCUT2D eigenvalue weighted by Gasteiger charge is 2.13. The van der Waals surface area contributed by atoms with Gasteiger partial charge < -0.3 is 14.2 Å². The van der Waals surface area contributed by atoms with Crippen molar-refractivity contribution in [2.75, 3.05) is 13.2 Å². The maximum Gasteiger partial charge on any atom is 0.271 e. The fourth-order valence-electron chi connectivity index (χ4n) is 2.43. The highest BCUT2D eigenvalue weighted by molar-refractivity contribution is 6.32. The van der Waals surface area contributed by atoms with Crippen molar-refractivity contribution >= 4 is 23.7 Å². The maximum absolute atomic E-state index is 12.2. The lowest BCUT2D eigenvalue weighted by Gasteiger charge is -2.16. The van der Waals surface area contributed by atoms with Gasteiger partial charge in [0.2, 0.25) is 0 Å². The van der Waals surface area contributed by atoms with Crippen LogP contribution in [0, 0.1) is 0 Å². The predicted octanol–water partition coefficient (Wildman–Crippen LogP) is 5.08. The van der Waals surface area contributed by atoms with Crippen LogP contribution in [0.3, 0.4) is 0 Å². The quantitative estimate of drug-likeness (QED) is 0.431. The normalized spacial score (nSPS) is 11.0. The minimum Gasteiger partial charge on any atom is -0.494 e. The number of carbonyl (C=O) groups is 1. The number of amides is 1. The van der Waals surface area contributed by atoms with Crippen LogP contribution in [0.1, 0.15) is 50.0 Å². The van der Waals surface area contributed by atoms with Crippen molar-refractivity contribution in [3.63, 3.8) is 0 Å². The van der Waals surface area contributed by atoms with E-state index in [1.165, 1.54) is 6.21 Å². The van der Waals surface area contributed by atoms with E-state index in [0.29, 0.717) is 40.9 Å². The van der Waals surface area contributed by atoms with Crippen molar-refractivity contribution in [2.45, 2.75) is 40.2 Å². The van der Waals surface area contributed by atoms with E-state index in [4.69, 9.17) is 25.8 Å². The van der Waals surface area contributed by atoms with Gasteiger partial charge in [-0.05, 0) is 69.2 Å². The number of benzene rings is 2. The molecule has 2 aromatic carbocycles. The Balaban J connectivity index is 2.06. The molecule has 7 heteroatoms. The summed E-state index contributed by atoms with van der Waals surface area (Å²) < 4.78 is 16.9. The van der Waals surface area contributed by atoms with Crippen molar-refractivity contribution in [3.05, 3.63) is 52.5 Å². The summed E-state index contributed by atoms with van der Waals surface area (Å²) in [6, 6.07) is 10.4. The fourth-order valence-corrected chi connectivity index (χ4v) is 2.69. The molecule has 0 radical (unpaired) electrons. The Morgan fingerprint density at radius 3 is 2.52 bits per heavy atom. The van der Waals surface area contributed by atoms with Gasteiger partial charge in [0, 0.05) is 5.56 Å². The van der Waals surface area contributed by atoms with Crippen LogP contribution >= 0.6 is 11.6 Å². The van der Waals surface area contributed by atoms with Crippen molar-refractivity contribution in [2.24, 2.45) is 5.10 Å². The lowest BCUT2D eigenvalue weighted by molar-refractivity contribution is 0.0955. The molecule has 1 N–H and O–H groups in total. The van der Waals surface area contributed by atoms with Crippen LogP contribution in [-0.2, 0) is 0 Å². The topological polar surface area (TPSA) is 69.2 Å². The summed E-state index contributed by atoms with van der Waals surface area (Å²) in [6.45, 7) is 8.86. The first-order valence-electron chi connectivity index (χ1n) is 9.63. The lowest BCUT2D eigenvalue weighted by atomic mass is 10.2. The van der Waals surface area contributed by atoms with Gasteiger partial charge in [0.1, 0.15) is 5.75 Å². The summed E-state index contributed by atoms with van der Waals surface area (Å²) in [4.78, 5) is 12.2. The largest absolute Gasteiger partial charge is 0.494 e. The number of hydrogen-bond acceptors (Lipinski definition) is 5. The first-order chi connectivity index (χ1) is 13.9. The maximum atomic E-state index is 12.2. The SMILES string of the molecule is CCCOc1ccc(C(=O)N/N=C/c2cc(Cl)c(OC(C)C)c(OCC)c2)cc1. The second-order valence-corrected chi connectivity index (χ2v) is 6.91. The molecule has 0 unspecified atom stereocenters. The van der Waals surface area contributed by atoms with Gasteiger partial charge in [-0.15, -0.1) is 0 Å². The molecule has 0 bridgehead atoms. The molecule has 0 atom stereocenters. The molecule has 0 saturated carbocycles. The van der Waals surface area contributed by atoms with Gasteiger partial charge >= 0.3 is 0 Å². The number of nitrogens with one attached hydrogen (secondary N) is 1. The van der Waals surface area contributed by atoms with Crippen molar-refractivity contribution in [3.8, 4) is 17.2 Å². The molecule has 6 nitrogen and oxygen atoms in total. The third-order valence-electron chi connectivity index (χ3n) is 3.65. The lowest BCUT2D eigenvalue weighted by Crippen LogP contribution is -2.17. The number of carbonyl (C=O) groups excluding carboxylic acids is 1. The molecular weight excluding hydrogens is 392 g/mol. The minimum absolute atomic E-state index is 0.0377. The van der Waals surface area contributed by atoms with E-state index < -0.39 is 0 Å². The Bertz CT molecular complexity index is 835. The molecule has 0 aliphatic heterocycles. The number of rotatable bonds is 10. The van der Waals surface area contributed by atoms with Crippen LogP contribution in [-0.4, -0.2) is 31.4 Å². The Morgan fingerprint density at radius 1 is 1.17 bits per heavy atom. The molecule has 2 rings (SSSR count). The van der Waals surface area contributed by atoms with Crippen LogP contribution in [0.2, 0.25) is 5.02 Å². The average Bonchev–Trinajstić information content (AvgIpc) is 2.69. The van der Waals surface area contributed by atoms with Crippen molar-refractivity contribution < 1.29 is 19.0 Å². The van der Waals surface area contributed by atoms with E-state index in [9.17, 15) is 4.79 Å². The van der Waals surface area contributed by atoms with Crippen molar-refractivity contribution in [1.29, 1.82) is 0 Å². The molecule has 29 heavy (non-hydrogen) atoms. The van der Waals surface area contributed by atoms with E-state index in [1.54, 1.807) is 36.4 Å². The predicted molar refractivity (Wildman–Crippen MR) is 116 cm³/mol. The zero-order valence-electron chi connectivity index (χ0n) is 17.2. The molecular formula is C22H27ClN2O4. The third-order valence-corrected chi connectivity index (χ3v) is 3.94. The summed E-state index contributed by atoms with van der Waals surface area (Å²) >= 11 is 6.34. The molecule has 1 amide bonds. The molecule has 0 aromatic heterocycles. The average molecular weight is 419 g/mol. The van der Waals surface area contributed by atoms with Gasteiger partial charge in [0.15, 0.2) is 11.5 Å². The summed E-state index contributed by atoms with van der Waals surface area (Å²) in [7, 11) is 0. The van der Waals surface area contributed by atoms with Gasteiger partial charge in [-0.2, -0.15) is 5.10 Å². The van der Waals surface area contributed by atoms with E-state index in [1.807, 2.05) is 27.7 Å². The summed E-state index contributed by atoms with van der Waals surface area (Å²) in [5, 5.41) is 4.43. The summed E-state index contributed by atoms with van der Waals surface area (Å²) in [5.41, 5.74) is 3.67. The molecule has 0 saturated heterocycles. The number of hydrogen-bond donors (Lipinski definition) is 1. The van der Waals surface area contributed by atoms with Gasteiger partial charge in [-0.25, -0.2) is 5.43 Å². The van der Waals surface area contributed by atoms with E-state index in [0.717, 1.165) is 12.2 Å². The van der Waals surface area contributed by atoms with Gasteiger partial charge in [0.05, 0.1) is 30.6 Å². The van der Waals surface area contributed by atoms with Crippen LogP contribution < -0.4 is 19.6 Å². The summed E-state index contributed by atoms with van der Waals surface area (Å²) in [6.07, 6.45) is 2.39. The van der Waals surface area contributed by atoms with Gasteiger partial charge in [-0.1, -0.05) is 18.5 Å². The standard InChI is InChI=1S/C22H27ClN2O4/c1-5-11-28-18-9-7-17(8-10-18)22(26)25-24-14-16-12-19(23)21(29-15(3)4)20(13-16)27-6-2/h7-10,12-15H,5-6,11H2,1-4H3,(H,25,26)/b24-14+. The van der Waals surface area contributed by atoms with Crippen LogP contribution in [0.5, 0.6) is 17.2 Å².